The largest absolute Gasteiger partial charge is 0.492 e. The Balaban J connectivity index is 1.69. The van der Waals surface area contributed by atoms with Crippen LogP contribution in [0.25, 0.3) is 0 Å². The molecule has 0 saturated carbocycles. The van der Waals surface area contributed by atoms with E-state index >= 15 is 0 Å². The van der Waals surface area contributed by atoms with Crippen LogP contribution in [0.3, 0.4) is 0 Å². The van der Waals surface area contributed by atoms with Gasteiger partial charge in [0, 0.05) is 19.4 Å². The van der Waals surface area contributed by atoms with Gasteiger partial charge in [-0.3, -0.25) is 9.59 Å². The van der Waals surface area contributed by atoms with E-state index in [4.69, 9.17) is 4.74 Å². The molecule has 0 radical (unpaired) electrons. The third-order valence-corrected chi connectivity index (χ3v) is 4.85. The molecule has 1 aliphatic rings. The molecule has 2 atom stereocenters. The van der Waals surface area contributed by atoms with Crippen molar-refractivity contribution in [3.63, 3.8) is 0 Å². The fourth-order valence-corrected chi connectivity index (χ4v) is 3.41. The number of para-hydroxylation sites is 2. The first-order valence-corrected chi connectivity index (χ1v) is 9.59. The number of hydrogen-bond acceptors (Lipinski definition) is 4. The van der Waals surface area contributed by atoms with Crippen LogP contribution in [0.4, 0.5) is 5.69 Å². The lowest BCUT2D eigenvalue weighted by atomic mass is 10.0. The Morgan fingerprint density at radius 3 is 2.55 bits per heavy atom. The number of carbonyl (C=O) groups excluding carboxylic acids is 2. The molecule has 152 valence electrons. The van der Waals surface area contributed by atoms with Gasteiger partial charge in [-0.2, -0.15) is 0 Å². The molecule has 2 N–H and O–H groups in total. The van der Waals surface area contributed by atoms with Gasteiger partial charge in [0.05, 0.1) is 18.2 Å². The number of rotatable bonds is 8. The summed E-state index contributed by atoms with van der Waals surface area (Å²) in [6, 6.07) is 15.2. The summed E-state index contributed by atoms with van der Waals surface area (Å²) < 4.78 is 5.58. The Kier molecular flexibility index (Phi) is 6.49. The Bertz CT molecular complexity index is 884. The lowest BCUT2D eigenvalue weighted by Crippen LogP contribution is -2.45. The number of carboxylic acid groups (broad SMARTS) is 1. The van der Waals surface area contributed by atoms with Crippen LogP contribution in [0.5, 0.6) is 5.75 Å². The molecule has 1 heterocycles. The van der Waals surface area contributed by atoms with Crippen molar-refractivity contribution < 1.29 is 24.2 Å². The standard InChI is InChI=1S/C22H24N2O5/c1-2-29-19-11-7-6-10-18(19)24-14-16(13-20(24)25)21(26)23-17(22(27)28)12-15-8-4-3-5-9-15/h3-11,16-17H,2,12-14H2,1H3,(H,23,26)(H,27,28). The minimum Gasteiger partial charge on any atom is -0.492 e. The molecule has 1 saturated heterocycles. The summed E-state index contributed by atoms with van der Waals surface area (Å²) in [4.78, 5) is 38.4. The lowest BCUT2D eigenvalue weighted by molar-refractivity contribution is -0.142. The normalized spacial score (nSPS) is 17.1. The van der Waals surface area contributed by atoms with Gasteiger partial charge in [0.2, 0.25) is 11.8 Å². The van der Waals surface area contributed by atoms with E-state index in [1.54, 1.807) is 18.2 Å². The number of nitrogens with zero attached hydrogens (tertiary/aromatic N) is 1. The molecule has 1 fully saturated rings. The van der Waals surface area contributed by atoms with Gasteiger partial charge < -0.3 is 20.1 Å². The van der Waals surface area contributed by atoms with Crippen LogP contribution in [0.15, 0.2) is 54.6 Å². The van der Waals surface area contributed by atoms with Crippen molar-refractivity contribution in [1.82, 2.24) is 5.32 Å². The van der Waals surface area contributed by atoms with Gasteiger partial charge in [-0.15, -0.1) is 0 Å². The van der Waals surface area contributed by atoms with Crippen LogP contribution >= 0.6 is 0 Å². The number of carboxylic acids is 1. The van der Waals surface area contributed by atoms with Gasteiger partial charge in [-0.25, -0.2) is 4.79 Å². The minimum atomic E-state index is -1.11. The third kappa shape index (κ3) is 4.93. The second-order valence-electron chi connectivity index (χ2n) is 6.90. The summed E-state index contributed by atoms with van der Waals surface area (Å²) >= 11 is 0. The van der Waals surface area contributed by atoms with E-state index in [0.717, 1.165) is 5.56 Å². The summed E-state index contributed by atoms with van der Waals surface area (Å²) in [5, 5.41) is 12.1. The quantitative estimate of drug-likeness (QED) is 0.714. The Morgan fingerprint density at radius 1 is 1.17 bits per heavy atom. The van der Waals surface area contributed by atoms with E-state index in [-0.39, 0.29) is 25.3 Å². The van der Waals surface area contributed by atoms with Crippen LogP contribution < -0.4 is 15.0 Å². The van der Waals surface area contributed by atoms with E-state index in [1.165, 1.54) is 4.90 Å². The highest BCUT2D eigenvalue weighted by Gasteiger charge is 2.37. The molecule has 2 aromatic rings. The number of benzene rings is 2. The Morgan fingerprint density at radius 2 is 1.86 bits per heavy atom. The second-order valence-corrected chi connectivity index (χ2v) is 6.90. The van der Waals surface area contributed by atoms with Crippen molar-refractivity contribution in [1.29, 1.82) is 0 Å². The molecule has 0 bridgehead atoms. The zero-order chi connectivity index (χ0) is 20.8. The van der Waals surface area contributed by atoms with Gasteiger partial charge in [-0.1, -0.05) is 42.5 Å². The fourth-order valence-electron chi connectivity index (χ4n) is 3.41. The maximum atomic E-state index is 12.7. The highest BCUT2D eigenvalue weighted by atomic mass is 16.5. The van der Waals surface area contributed by atoms with Gasteiger partial charge in [-0.05, 0) is 24.6 Å². The fraction of sp³-hybridized carbons (Fsp3) is 0.318. The van der Waals surface area contributed by atoms with E-state index in [1.807, 2.05) is 43.3 Å². The van der Waals surface area contributed by atoms with E-state index in [9.17, 15) is 19.5 Å². The van der Waals surface area contributed by atoms with Crippen molar-refractivity contribution in [2.24, 2.45) is 5.92 Å². The molecular formula is C22H24N2O5. The molecule has 0 aliphatic carbocycles. The second kappa shape index (κ2) is 9.23. The smallest absolute Gasteiger partial charge is 0.326 e. The molecule has 7 heteroatoms. The molecule has 2 unspecified atom stereocenters. The molecule has 1 aliphatic heterocycles. The summed E-state index contributed by atoms with van der Waals surface area (Å²) in [5.41, 5.74) is 1.43. The molecule has 2 aromatic carbocycles. The van der Waals surface area contributed by atoms with E-state index < -0.39 is 23.8 Å². The summed E-state index contributed by atoms with van der Waals surface area (Å²) in [6.45, 7) is 2.51. The molecular weight excluding hydrogens is 372 g/mol. The number of carbonyl (C=O) groups is 3. The van der Waals surface area contributed by atoms with Gasteiger partial charge >= 0.3 is 5.97 Å². The predicted molar refractivity (Wildman–Crippen MR) is 108 cm³/mol. The first-order valence-electron chi connectivity index (χ1n) is 9.59. The number of anilines is 1. The monoisotopic (exact) mass is 396 g/mol. The van der Waals surface area contributed by atoms with Crippen molar-refractivity contribution in [2.75, 3.05) is 18.1 Å². The maximum Gasteiger partial charge on any atom is 0.326 e. The topological polar surface area (TPSA) is 95.9 Å². The van der Waals surface area contributed by atoms with Crippen LogP contribution in [0.2, 0.25) is 0 Å². The zero-order valence-electron chi connectivity index (χ0n) is 16.2. The number of hydrogen-bond donors (Lipinski definition) is 2. The van der Waals surface area contributed by atoms with Crippen molar-refractivity contribution >= 4 is 23.5 Å². The highest BCUT2D eigenvalue weighted by Crippen LogP contribution is 2.33. The first-order chi connectivity index (χ1) is 14.0. The van der Waals surface area contributed by atoms with Crippen molar-refractivity contribution in [3.8, 4) is 5.75 Å². The number of nitrogens with one attached hydrogen (secondary N) is 1. The van der Waals surface area contributed by atoms with Crippen molar-refractivity contribution in [3.05, 3.63) is 60.2 Å². The molecule has 3 rings (SSSR count). The van der Waals surface area contributed by atoms with Gasteiger partial charge in [0.15, 0.2) is 0 Å². The summed E-state index contributed by atoms with van der Waals surface area (Å²) in [5.74, 6) is -1.76. The molecule has 2 amide bonds. The zero-order valence-corrected chi connectivity index (χ0v) is 16.2. The Labute approximate surface area is 169 Å². The first kappa shape index (κ1) is 20.4. The minimum absolute atomic E-state index is 0.0317. The molecule has 0 aromatic heterocycles. The Hall–Kier alpha value is -3.35. The van der Waals surface area contributed by atoms with Crippen LogP contribution in [0.1, 0.15) is 18.9 Å². The van der Waals surface area contributed by atoms with Crippen LogP contribution in [-0.2, 0) is 20.8 Å². The molecule has 29 heavy (non-hydrogen) atoms. The summed E-state index contributed by atoms with van der Waals surface area (Å²) in [7, 11) is 0. The average molecular weight is 396 g/mol. The van der Waals surface area contributed by atoms with Gasteiger partial charge in [0.25, 0.3) is 0 Å². The van der Waals surface area contributed by atoms with E-state index in [0.29, 0.717) is 18.0 Å². The van der Waals surface area contributed by atoms with Gasteiger partial charge in [0.1, 0.15) is 11.8 Å². The number of ether oxygens (including phenoxy) is 1. The third-order valence-electron chi connectivity index (χ3n) is 4.85. The lowest BCUT2D eigenvalue weighted by Gasteiger charge is -2.21. The highest BCUT2D eigenvalue weighted by molar-refractivity contribution is 6.01. The molecule has 7 nitrogen and oxygen atoms in total. The average Bonchev–Trinajstić information content (AvgIpc) is 3.10. The number of aliphatic carboxylic acids is 1. The molecule has 0 spiro atoms. The maximum absolute atomic E-state index is 12.7. The van der Waals surface area contributed by atoms with E-state index in [2.05, 4.69) is 5.32 Å². The van der Waals surface area contributed by atoms with Crippen LogP contribution in [0, 0.1) is 5.92 Å². The number of amides is 2. The SMILES string of the molecule is CCOc1ccccc1N1CC(C(=O)NC(Cc2ccccc2)C(=O)O)CC1=O. The van der Waals surface area contributed by atoms with Crippen molar-refractivity contribution in [2.45, 2.75) is 25.8 Å². The van der Waals surface area contributed by atoms with Crippen LogP contribution in [-0.4, -0.2) is 42.1 Å². The summed E-state index contributed by atoms with van der Waals surface area (Å²) in [6.07, 6.45) is 0.212. The predicted octanol–water partition coefficient (Wildman–Crippen LogP) is 2.25.